The summed E-state index contributed by atoms with van der Waals surface area (Å²) in [6.45, 7) is 0.790. The number of hydrogen-bond donors (Lipinski definition) is 2. The van der Waals surface area contributed by atoms with E-state index in [1.165, 1.54) is 18.2 Å². The Balaban J connectivity index is 2.69. The molecule has 0 radical (unpaired) electrons. The fraction of sp³-hybridized carbons (Fsp3) is 0.308. The first-order chi connectivity index (χ1) is 9.45. The van der Waals surface area contributed by atoms with Crippen LogP contribution < -0.4 is 4.72 Å². The zero-order valence-corrected chi connectivity index (χ0v) is 11.9. The lowest BCUT2D eigenvalue weighted by Crippen LogP contribution is -2.25. The molecule has 0 aliphatic carbocycles. The molecular formula is C13H17NO5S. The summed E-state index contributed by atoms with van der Waals surface area (Å²) in [4.78, 5) is 10.5. The first-order valence-corrected chi connectivity index (χ1v) is 7.44. The van der Waals surface area contributed by atoms with Crippen molar-refractivity contribution in [2.75, 3.05) is 20.3 Å². The number of aliphatic carboxylic acids is 1. The van der Waals surface area contributed by atoms with Gasteiger partial charge in [0.25, 0.3) is 0 Å². The van der Waals surface area contributed by atoms with Gasteiger partial charge < -0.3 is 9.84 Å². The van der Waals surface area contributed by atoms with Gasteiger partial charge in [-0.3, -0.25) is 0 Å². The summed E-state index contributed by atoms with van der Waals surface area (Å²) in [6, 6.07) is 5.95. The van der Waals surface area contributed by atoms with Gasteiger partial charge >= 0.3 is 5.97 Å². The first-order valence-electron chi connectivity index (χ1n) is 5.95. The molecule has 7 heteroatoms. The molecule has 0 saturated heterocycles. The van der Waals surface area contributed by atoms with Crippen molar-refractivity contribution in [3.05, 3.63) is 35.9 Å². The summed E-state index contributed by atoms with van der Waals surface area (Å²) in [5.74, 6) is -1.05. The van der Waals surface area contributed by atoms with E-state index in [9.17, 15) is 13.2 Å². The Hall–Kier alpha value is -1.70. The predicted octanol–water partition coefficient (Wildman–Crippen LogP) is 1.10. The number of carboxylic acid groups (broad SMARTS) is 1. The highest BCUT2D eigenvalue weighted by molar-refractivity contribution is 7.89. The molecule has 0 amide bonds. The number of hydrogen-bond acceptors (Lipinski definition) is 4. The molecule has 0 heterocycles. The standard InChI is InChI=1S/C13H17NO5S/c1-19-10-2-9-14-20(17,18)12-6-3-11(4-7-12)5-8-13(15)16/h3-8,14H,2,9-10H2,1H3,(H,15,16). The van der Waals surface area contributed by atoms with E-state index in [-0.39, 0.29) is 4.90 Å². The molecule has 0 aliphatic rings. The van der Waals surface area contributed by atoms with Crippen molar-refractivity contribution in [3.8, 4) is 0 Å². The van der Waals surface area contributed by atoms with Crippen molar-refractivity contribution in [2.45, 2.75) is 11.3 Å². The molecule has 1 aromatic carbocycles. The highest BCUT2D eigenvalue weighted by Crippen LogP contribution is 2.11. The van der Waals surface area contributed by atoms with Gasteiger partial charge in [-0.15, -0.1) is 0 Å². The lowest BCUT2D eigenvalue weighted by Gasteiger charge is -2.06. The largest absolute Gasteiger partial charge is 0.478 e. The molecule has 0 aromatic heterocycles. The van der Waals surface area contributed by atoms with E-state index in [2.05, 4.69) is 4.72 Å². The Morgan fingerprint density at radius 1 is 1.35 bits per heavy atom. The number of methoxy groups -OCH3 is 1. The van der Waals surface area contributed by atoms with Crippen molar-refractivity contribution in [3.63, 3.8) is 0 Å². The molecule has 0 saturated carbocycles. The van der Waals surface area contributed by atoms with Crippen LogP contribution in [0.3, 0.4) is 0 Å². The third kappa shape index (κ3) is 5.52. The molecule has 1 aromatic rings. The van der Waals surface area contributed by atoms with Gasteiger partial charge in [0.05, 0.1) is 4.90 Å². The molecule has 0 spiro atoms. The van der Waals surface area contributed by atoms with Crippen molar-refractivity contribution in [1.82, 2.24) is 4.72 Å². The van der Waals surface area contributed by atoms with Crippen LogP contribution in [-0.4, -0.2) is 39.8 Å². The van der Waals surface area contributed by atoms with Crippen LogP contribution in [0, 0.1) is 0 Å². The third-order valence-electron chi connectivity index (χ3n) is 2.43. The van der Waals surface area contributed by atoms with Crippen LogP contribution in [0.1, 0.15) is 12.0 Å². The minimum atomic E-state index is -3.53. The molecule has 0 fully saturated rings. The number of carbonyl (C=O) groups is 1. The van der Waals surface area contributed by atoms with Crippen molar-refractivity contribution in [1.29, 1.82) is 0 Å². The van der Waals surface area contributed by atoms with Crippen LogP contribution in [0.2, 0.25) is 0 Å². The molecule has 20 heavy (non-hydrogen) atoms. The number of ether oxygens (including phenoxy) is 1. The zero-order chi connectivity index (χ0) is 15.0. The van der Waals surface area contributed by atoms with Crippen LogP contribution >= 0.6 is 0 Å². The second kappa shape index (κ2) is 7.78. The van der Waals surface area contributed by atoms with Gasteiger partial charge in [0, 0.05) is 26.3 Å². The van der Waals surface area contributed by atoms with Crippen LogP contribution in [0.15, 0.2) is 35.2 Å². The van der Waals surface area contributed by atoms with Crippen molar-refractivity contribution in [2.24, 2.45) is 0 Å². The van der Waals surface area contributed by atoms with E-state index >= 15 is 0 Å². The quantitative estimate of drug-likeness (QED) is 0.554. The predicted molar refractivity (Wildman–Crippen MR) is 74.8 cm³/mol. The Morgan fingerprint density at radius 3 is 2.55 bits per heavy atom. The fourth-order valence-electron chi connectivity index (χ4n) is 1.43. The lowest BCUT2D eigenvalue weighted by atomic mass is 10.2. The van der Waals surface area contributed by atoms with Gasteiger partial charge in [-0.1, -0.05) is 12.1 Å². The van der Waals surface area contributed by atoms with Gasteiger partial charge in [-0.05, 0) is 30.2 Å². The van der Waals surface area contributed by atoms with E-state index in [0.29, 0.717) is 25.1 Å². The summed E-state index contributed by atoms with van der Waals surface area (Å²) in [5, 5.41) is 8.50. The molecular weight excluding hydrogens is 282 g/mol. The molecule has 0 aliphatic heterocycles. The molecule has 1 rings (SSSR count). The number of carboxylic acids is 1. The minimum absolute atomic E-state index is 0.141. The Morgan fingerprint density at radius 2 is 2.00 bits per heavy atom. The van der Waals surface area contributed by atoms with Crippen LogP contribution in [0.25, 0.3) is 6.08 Å². The molecule has 110 valence electrons. The van der Waals surface area contributed by atoms with Crippen molar-refractivity contribution < 1.29 is 23.1 Å². The van der Waals surface area contributed by atoms with Gasteiger partial charge in [0.1, 0.15) is 0 Å². The number of benzene rings is 1. The maximum atomic E-state index is 11.9. The maximum absolute atomic E-state index is 11.9. The Bertz CT molecular complexity index is 563. The maximum Gasteiger partial charge on any atom is 0.328 e. The lowest BCUT2D eigenvalue weighted by molar-refractivity contribution is -0.131. The smallest absolute Gasteiger partial charge is 0.328 e. The topological polar surface area (TPSA) is 92.7 Å². The Kier molecular flexibility index (Phi) is 6.37. The van der Waals surface area contributed by atoms with E-state index in [0.717, 1.165) is 6.08 Å². The van der Waals surface area contributed by atoms with Gasteiger partial charge in [0.2, 0.25) is 10.0 Å². The zero-order valence-electron chi connectivity index (χ0n) is 11.1. The highest BCUT2D eigenvalue weighted by Gasteiger charge is 2.12. The summed E-state index contributed by atoms with van der Waals surface area (Å²) in [6.07, 6.45) is 2.98. The first kappa shape index (κ1) is 16.4. The van der Waals surface area contributed by atoms with E-state index in [1.807, 2.05) is 0 Å². The summed E-state index contributed by atoms with van der Waals surface area (Å²) in [5.41, 5.74) is 0.616. The highest BCUT2D eigenvalue weighted by atomic mass is 32.2. The average Bonchev–Trinajstić information content (AvgIpc) is 2.42. The molecule has 0 bridgehead atoms. The average molecular weight is 299 g/mol. The molecule has 0 atom stereocenters. The second-order valence-corrected chi connectivity index (χ2v) is 5.75. The molecule has 2 N–H and O–H groups in total. The van der Waals surface area contributed by atoms with Crippen LogP contribution in [-0.2, 0) is 19.6 Å². The third-order valence-corrected chi connectivity index (χ3v) is 3.90. The Labute approximate surface area is 118 Å². The van der Waals surface area contributed by atoms with Gasteiger partial charge in [0.15, 0.2) is 0 Å². The monoisotopic (exact) mass is 299 g/mol. The SMILES string of the molecule is COCCCNS(=O)(=O)c1ccc(C=CC(=O)O)cc1. The van der Waals surface area contributed by atoms with Crippen LogP contribution in [0.5, 0.6) is 0 Å². The van der Waals surface area contributed by atoms with Crippen LogP contribution in [0.4, 0.5) is 0 Å². The summed E-state index contributed by atoms with van der Waals surface area (Å²) in [7, 11) is -1.98. The second-order valence-electron chi connectivity index (χ2n) is 3.98. The number of sulfonamides is 1. The fourth-order valence-corrected chi connectivity index (χ4v) is 2.51. The van der Waals surface area contributed by atoms with Crippen molar-refractivity contribution >= 4 is 22.1 Å². The summed E-state index contributed by atoms with van der Waals surface area (Å²) >= 11 is 0. The minimum Gasteiger partial charge on any atom is -0.478 e. The van der Waals surface area contributed by atoms with Gasteiger partial charge in [-0.2, -0.15) is 0 Å². The van der Waals surface area contributed by atoms with E-state index in [1.54, 1.807) is 19.2 Å². The van der Waals surface area contributed by atoms with E-state index in [4.69, 9.17) is 9.84 Å². The number of rotatable bonds is 8. The molecule has 0 unspecified atom stereocenters. The van der Waals surface area contributed by atoms with Gasteiger partial charge in [-0.25, -0.2) is 17.9 Å². The number of nitrogens with one attached hydrogen (secondary N) is 1. The normalized spacial score (nSPS) is 11.8. The van der Waals surface area contributed by atoms with E-state index < -0.39 is 16.0 Å². The summed E-state index contributed by atoms with van der Waals surface area (Å²) < 4.78 is 31.1. The molecule has 6 nitrogen and oxygen atoms in total.